The Balaban J connectivity index is 1.72. The molecule has 0 aliphatic heterocycles. The number of hydrogen-bond donors (Lipinski definition) is 2. The molecule has 6 heteroatoms. The maximum Gasteiger partial charge on any atom is 0.278 e. The fraction of sp³-hybridized carbons (Fsp3) is 0.480. The van der Waals surface area contributed by atoms with Gasteiger partial charge in [-0.15, -0.1) is 0 Å². The number of hydrogen-bond acceptors (Lipinski definition) is 5. The highest BCUT2D eigenvalue weighted by molar-refractivity contribution is 6.45. The van der Waals surface area contributed by atoms with Crippen LogP contribution in [0.15, 0.2) is 59.0 Å². The third-order valence-corrected chi connectivity index (χ3v) is 5.76. The molecule has 0 heterocycles. The van der Waals surface area contributed by atoms with Gasteiger partial charge in [0.25, 0.3) is 5.91 Å². The highest BCUT2D eigenvalue weighted by Gasteiger charge is 2.21. The van der Waals surface area contributed by atoms with Crippen LogP contribution in [0.5, 0.6) is 0 Å². The third kappa shape index (κ3) is 7.47. The van der Waals surface area contributed by atoms with Gasteiger partial charge in [-0.3, -0.25) is 9.79 Å². The molecule has 2 aliphatic carbocycles. The fourth-order valence-electron chi connectivity index (χ4n) is 3.59. The SMILES string of the molecule is C=CC(CN)=N/C=C(\C)NC(=O)/C(=N/OC1CCCC1)c1ccc(CCC2CC2)cc1. The van der Waals surface area contributed by atoms with E-state index in [2.05, 4.69) is 34.2 Å². The predicted octanol–water partition coefficient (Wildman–Crippen LogP) is 4.26. The van der Waals surface area contributed by atoms with Crippen molar-refractivity contribution in [3.63, 3.8) is 0 Å². The normalized spacial score (nSPS) is 18.2. The van der Waals surface area contributed by atoms with Crippen LogP contribution in [0.1, 0.15) is 63.0 Å². The smallest absolute Gasteiger partial charge is 0.278 e. The number of rotatable bonds is 11. The van der Waals surface area contributed by atoms with E-state index in [1.807, 2.05) is 12.1 Å². The van der Waals surface area contributed by atoms with Crippen LogP contribution in [0.3, 0.4) is 0 Å². The summed E-state index contributed by atoms with van der Waals surface area (Å²) in [5.74, 6) is 0.585. The molecule has 0 bridgehead atoms. The third-order valence-electron chi connectivity index (χ3n) is 5.76. The molecular weight excluding hydrogens is 388 g/mol. The highest BCUT2D eigenvalue weighted by Crippen LogP contribution is 2.33. The summed E-state index contributed by atoms with van der Waals surface area (Å²) in [6.07, 6.45) is 12.5. The first-order chi connectivity index (χ1) is 15.1. The van der Waals surface area contributed by atoms with E-state index in [0.717, 1.165) is 43.6 Å². The standard InChI is InChI=1S/C25H34N4O2/c1-3-22(16-26)27-17-18(2)28-25(30)24(29-31-23-6-4-5-7-23)21-14-12-20(13-15-21)11-10-19-8-9-19/h3,12-15,17,19,23H,1,4-11,16,26H2,2H3,(H,28,30)/b18-17+,27-22?,29-24+. The summed E-state index contributed by atoms with van der Waals surface area (Å²) in [5.41, 5.74) is 9.14. The Morgan fingerprint density at radius 1 is 1.23 bits per heavy atom. The zero-order valence-corrected chi connectivity index (χ0v) is 18.5. The summed E-state index contributed by atoms with van der Waals surface area (Å²) in [5, 5.41) is 7.13. The minimum atomic E-state index is -0.319. The molecule has 6 nitrogen and oxygen atoms in total. The van der Waals surface area contributed by atoms with Crippen molar-refractivity contribution in [3.8, 4) is 0 Å². The average Bonchev–Trinajstić information content (AvgIpc) is 3.47. The molecular formula is C25H34N4O2. The van der Waals surface area contributed by atoms with Crippen molar-refractivity contribution in [1.82, 2.24) is 5.32 Å². The lowest BCUT2D eigenvalue weighted by Gasteiger charge is -2.12. The molecule has 0 spiro atoms. The van der Waals surface area contributed by atoms with E-state index in [4.69, 9.17) is 10.6 Å². The Hall–Kier alpha value is -2.73. The number of nitrogens with one attached hydrogen (secondary N) is 1. The summed E-state index contributed by atoms with van der Waals surface area (Å²) in [7, 11) is 0. The van der Waals surface area contributed by atoms with E-state index < -0.39 is 0 Å². The molecule has 2 aliphatic rings. The molecule has 2 saturated carbocycles. The Morgan fingerprint density at radius 3 is 2.55 bits per heavy atom. The second-order valence-corrected chi connectivity index (χ2v) is 8.43. The van der Waals surface area contributed by atoms with E-state index in [9.17, 15) is 4.79 Å². The molecule has 166 valence electrons. The van der Waals surface area contributed by atoms with Crippen molar-refractivity contribution >= 4 is 17.3 Å². The average molecular weight is 423 g/mol. The maximum atomic E-state index is 13.0. The molecule has 1 aromatic carbocycles. The first-order valence-corrected chi connectivity index (χ1v) is 11.3. The molecule has 3 N–H and O–H groups in total. The number of carbonyl (C=O) groups is 1. The van der Waals surface area contributed by atoms with Gasteiger partial charge in [-0.2, -0.15) is 0 Å². The number of oxime groups is 1. The fourth-order valence-corrected chi connectivity index (χ4v) is 3.59. The number of aryl methyl sites for hydroxylation is 1. The molecule has 31 heavy (non-hydrogen) atoms. The molecule has 1 aromatic rings. The summed E-state index contributed by atoms with van der Waals surface area (Å²) in [4.78, 5) is 22.9. The zero-order chi connectivity index (χ0) is 22.1. The number of benzene rings is 1. The van der Waals surface area contributed by atoms with Crippen LogP contribution in [0.2, 0.25) is 0 Å². The highest BCUT2D eigenvalue weighted by atomic mass is 16.6. The minimum absolute atomic E-state index is 0.0848. The first kappa shape index (κ1) is 22.9. The van der Waals surface area contributed by atoms with Gasteiger partial charge in [-0.1, -0.05) is 48.8 Å². The zero-order valence-electron chi connectivity index (χ0n) is 18.5. The number of aliphatic imine (C=N–C) groups is 1. The largest absolute Gasteiger partial charge is 0.392 e. The molecule has 1 amide bonds. The van der Waals surface area contributed by atoms with E-state index >= 15 is 0 Å². The van der Waals surface area contributed by atoms with Gasteiger partial charge in [0.15, 0.2) is 5.71 Å². The van der Waals surface area contributed by atoms with Crippen molar-refractivity contribution in [2.75, 3.05) is 6.54 Å². The Bertz CT molecular complexity index is 845. The van der Waals surface area contributed by atoms with E-state index in [-0.39, 0.29) is 24.3 Å². The Kier molecular flexibility index (Phi) is 8.59. The lowest BCUT2D eigenvalue weighted by Crippen LogP contribution is -2.31. The van der Waals surface area contributed by atoms with Gasteiger partial charge < -0.3 is 15.9 Å². The van der Waals surface area contributed by atoms with Gasteiger partial charge in [0, 0.05) is 24.0 Å². The van der Waals surface area contributed by atoms with Crippen molar-refractivity contribution in [2.24, 2.45) is 21.8 Å². The molecule has 0 saturated heterocycles. The second kappa shape index (κ2) is 11.6. The summed E-state index contributed by atoms with van der Waals surface area (Å²) >= 11 is 0. The number of carbonyl (C=O) groups excluding carboxylic acids is 1. The van der Waals surface area contributed by atoms with Crippen molar-refractivity contribution < 1.29 is 9.63 Å². The van der Waals surface area contributed by atoms with Crippen molar-refractivity contribution in [3.05, 3.63) is 59.9 Å². The summed E-state index contributed by atoms with van der Waals surface area (Å²) in [6, 6.07) is 8.08. The van der Waals surface area contributed by atoms with E-state index in [0.29, 0.717) is 11.4 Å². The molecule has 0 atom stereocenters. The molecule has 2 fully saturated rings. The van der Waals surface area contributed by atoms with Gasteiger partial charge in [-0.05, 0) is 63.0 Å². The van der Waals surface area contributed by atoms with Crippen LogP contribution in [0, 0.1) is 5.92 Å². The Morgan fingerprint density at radius 2 is 1.94 bits per heavy atom. The van der Waals surface area contributed by atoms with Crippen LogP contribution >= 0.6 is 0 Å². The van der Waals surface area contributed by atoms with Gasteiger partial charge in [0.05, 0.1) is 5.71 Å². The maximum absolute atomic E-state index is 13.0. The second-order valence-electron chi connectivity index (χ2n) is 8.43. The van der Waals surface area contributed by atoms with Crippen molar-refractivity contribution in [1.29, 1.82) is 0 Å². The van der Waals surface area contributed by atoms with Crippen molar-refractivity contribution in [2.45, 2.75) is 64.4 Å². The topological polar surface area (TPSA) is 89.1 Å². The van der Waals surface area contributed by atoms with Gasteiger partial charge in [-0.25, -0.2) is 0 Å². The molecule has 3 rings (SSSR count). The number of allylic oxidation sites excluding steroid dienone is 1. The number of nitrogens with two attached hydrogens (primary N) is 1. The Labute approximate surface area is 185 Å². The van der Waals surface area contributed by atoms with E-state index in [1.165, 1.54) is 24.8 Å². The minimum Gasteiger partial charge on any atom is -0.392 e. The first-order valence-electron chi connectivity index (χ1n) is 11.3. The lowest BCUT2D eigenvalue weighted by molar-refractivity contribution is -0.114. The molecule has 0 unspecified atom stereocenters. The summed E-state index contributed by atoms with van der Waals surface area (Å²) < 4.78 is 0. The van der Waals surface area contributed by atoms with Crippen LogP contribution < -0.4 is 11.1 Å². The monoisotopic (exact) mass is 422 g/mol. The van der Waals surface area contributed by atoms with E-state index in [1.54, 1.807) is 19.2 Å². The molecule has 0 radical (unpaired) electrons. The van der Waals surface area contributed by atoms with Crippen LogP contribution in [-0.2, 0) is 16.1 Å². The quantitative estimate of drug-likeness (QED) is 0.412. The van der Waals surface area contributed by atoms with Crippen LogP contribution in [0.25, 0.3) is 0 Å². The van der Waals surface area contributed by atoms with Crippen LogP contribution in [-0.4, -0.2) is 30.0 Å². The lowest BCUT2D eigenvalue weighted by atomic mass is 10.0. The van der Waals surface area contributed by atoms with Gasteiger partial charge in [0.2, 0.25) is 0 Å². The summed E-state index contributed by atoms with van der Waals surface area (Å²) in [6.45, 7) is 5.73. The number of nitrogens with zero attached hydrogens (tertiary/aromatic N) is 2. The van der Waals surface area contributed by atoms with Crippen LogP contribution in [0.4, 0.5) is 0 Å². The van der Waals surface area contributed by atoms with Gasteiger partial charge >= 0.3 is 0 Å². The number of amides is 1. The predicted molar refractivity (Wildman–Crippen MR) is 126 cm³/mol. The molecule has 0 aromatic heterocycles. The van der Waals surface area contributed by atoms with Gasteiger partial charge in [0.1, 0.15) is 6.10 Å².